The molecule has 0 unspecified atom stereocenters. The maximum Gasteiger partial charge on any atom is 0.258 e. The first-order chi connectivity index (χ1) is 13.5. The second-order valence-corrected chi connectivity index (χ2v) is 5.94. The number of hydrogen-bond donors (Lipinski definition) is 1. The Morgan fingerprint density at radius 3 is 2.86 bits per heavy atom. The highest BCUT2D eigenvalue weighted by Crippen LogP contribution is 2.19. The van der Waals surface area contributed by atoms with Crippen LogP contribution >= 0.6 is 0 Å². The zero-order chi connectivity index (χ0) is 19.7. The fourth-order valence-corrected chi connectivity index (χ4v) is 2.68. The molecule has 1 aromatic carbocycles. The summed E-state index contributed by atoms with van der Waals surface area (Å²) in [7, 11) is 1.36. The first kappa shape index (κ1) is 17.6. The third-order valence-electron chi connectivity index (χ3n) is 4.08. The number of nitrogens with one attached hydrogen (secondary N) is 1. The summed E-state index contributed by atoms with van der Waals surface area (Å²) < 4.78 is 25.5. The molecule has 28 heavy (non-hydrogen) atoms. The van der Waals surface area contributed by atoms with Crippen molar-refractivity contribution >= 4 is 11.6 Å². The van der Waals surface area contributed by atoms with Gasteiger partial charge in [-0.15, -0.1) is 10.2 Å². The molecule has 0 spiro atoms. The van der Waals surface area contributed by atoms with Crippen LogP contribution in [0, 0.1) is 12.7 Å². The first-order valence-corrected chi connectivity index (χ1v) is 8.31. The molecule has 4 aromatic rings. The van der Waals surface area contributed by atoms with Gasteiger partial charge in [0.2, 0.25) is 0 Å². The van der Waals surface area contributed by atoms with Crippen LogP contribution in [0.5, 0.6) is 5.75 Å². The number of halogens is 1. The van der Waals surface area contributed by atoms with Crippen LogP contribution in [0.3, 0.4) is 0 Å². The van der Waals surface area contributed by atoms with Crippen LogP contribution in [0.15, 0.2) is 41.1 Å². The van der Waals surface area contributed by atoms with Crippen molar-refractivity contribution in [2.75, 3.05) is 7.11 Å². The van der Waals surface area contributed by atoms with E-state index in [0.717, 1.165) is 6.07 Å². The highest BCUT2D eigenvalue weighted by Gasteiger charge is 2.13. The third kappa shape index (κ3) is 3.27. The Morgan fingerprint density at radius 1 is 1.29 bits per heavy atom. The number of nitrogens with zero attached hydrogens (tertiary/aromatic N) is 5. The van der Waals surface area contributed by atoms with Crippen molar-refractivity contribution in [2.45, 2.75) is 13.5 Å². The minimum absolute atomic E-state index is 0.0762. The maximum atomic E-state index is 13.8. The lowest BCUT2D eigenvalue weighted by Crippen LogP contribution is -2.24. The molecule has 0 radical (unpaired) electrons. The predicted octanol–water partition coefficient (Wildman–Crippen LogP) is 2.17. The fraction of sp³-hybridized carbons (Fsp3) is 0.167. The Morgan fingerprint density at radius 2 is 2.14 bits per heavy atom. The second-order valence-electron chi connectivity index (χ2n) is 5.94. The number of carbonyl (C=O) groups excluding carboxylic acids is 1. The predicted molar refractivity (Wildman–Crippen MR) is 95.1 cm³/mol. The normalized spacial score (nSPS) is 11.0. The Balaban J connectivity index is 1.50. The van der Waals surface area contributed by atoms with Crippen LogP contribution in [0.25, 0.3) is 17.1 Å². The molecule has 0 saturated heterocycles. The van der Waals surface area contributed by atoms with Gasteiger partial charge in [-0.1, -0.05) is 5.16 Å². The van der Waals surface area contributed by atoms with Gasteiger partial charge in [0.25, 0.3) is 11.8 Å². The topological polar surface area (TPSA) is 107 Å². The zero-order valence-corrected chi connectivity index (χ0v) is 15.0. The summed E-state index contributed by atoms with van der Waals surface area (Å²) in [6.07, 6.45) is 1.75. The van der Waals surface area contributed by atoms with Crippen molar-refractivity contribution in [1.82, 2.24) is 30.1 Å². The van der Waals surface area contributed by atoms with Gasteiger partial charge in [0, 0.05) is 17.3 Å². The summed E-state index contributed by atoms with van der Waals surface area (Å²) in [6, 6.07) is 7.54. The van der Waals surface area contributed by atoms with E-state index in [0.29, 0.717) is 28.8 Å². The molecule has 1 N–H and O–H groups in total. The van der Waals surface area contributed by atoms with Gasteiger partial charge in [-0.2, -0.15) is 4.98 Å². The van der Waals surface area contributed by atoms with Gasteiger partial charge >= 0.3 is 0 Å². The molecular weight excluding hydrogens is 367 g/mol. The molecule has 3 aromatic heterocycles. The third-order valence-corrected chi connectivity index (χ3v) is 4.08. The van der Waals surface area contributed by atoms with Crippen LogP contribution in [0.2, 0.25) is 0 Å². The Labute approximate surface area is 158 Å². The number of methoxy groups -OCH3 is 1. The monoisotopic (exact) mass is 382 g/mol. The average Bonchev–Trinajstić information content (AvgIpc) is 3.31. The molecule has 142 valence electrons. The van der Waals surface area contributed by atoms with Crippen LogP contribution in [0.1, 0.15) is 22.0 Å². The molecule has 0 saturated carbocycles. The molecule has 0 atom stereocenters. The van der Waals surface area contributed by atoms with Gasteiger partial charge in [0.05, 0.1) is 13.7 Å². The summed E-state index contributed by atoms with van der Waals surface area (Å²) in [6.45, 7) is 1.85. The van der Waals surface area contributed by atoms with E-state index in [1.807, 2.05) is 0 Å². The van der Waals surface area contributed by atoms with Gasteiger partial charge in [-0.25, -0.2) is 4.39 Å². The minimum Gasteiger partial charge on any atom is -0.494 e. The Hall–Kier alpha value is -3.82. The summed E-state index contributed by atoms with van der Waals surface area (Å²) in [5.74, 6) is 0.482. The number of ether oxygens (including phenoxy) is 1. The van der Waals surface area contributed by atoms with E-state index in [-0.39, 0.29) is 17.9 Å². The first-order valence-electron chi connectivity index (χ1n) is 8.31. The number of fused-ring (bicyclic) bond motifs is 1. The number of rotatable bonds is 5. The van der Waals surface area contributed by atoms with E-state index in [1.165, 1.54) is 19.2 Å². The molecule has 0 bridgehead atoms. The molecule has 0 aliphatic rings. The molecule has 10 heteroatoms. The molecule has 4 rings (SSSR count). The summed E-state index contributed by atoms with van der Waals surface area (Å²) in [5, 5.41) is 14.6. The van der Waals surface area contributed by atoms with Crippen molar-refractivity contribution in [3.8, 4) is 17.2 Å². The van der Waals surface area contributed by atoms with Gasteiger partial charge < -0.3 is 14.6 Å². The fourth-order valence-electron chi connectivity index (χ4n) is 2.68. The Kier molecular flexibility index (Phi) is 4.44. The van der Waals surface area contributed by atoms with Crippen molar-refractivity contribution in [3.05, 3.63) is 59.6 Å². The van der Waals surface area contributed by atoms with Crippen molar-refractivity contribution in [1.29, 1.82) is 0 Å². The van der Waals surface area contributed by atoms with E-state index in [2.05, 4.69) is 25.7 Å². The standard InChI is InChI=1S/C18H15FN6O3/c1-10-21-18(28-24-10)12-5-6-25-15(8-12)22-23-16(25)9-20-17(26)11-3-4-14(27-2)13(19)7-11/h3-8H,9H2,1-2H3,(H,20,26). The van der Waals surface area contributed by atoms with Gasteiger partial charge in [0.1, 0.15) is 0 Å². The van der Waals surface area contributed by atoms with Crippen molar-refractivity contribution < 1.29 is 18.4 Å². The largest absolute Gasteiger partial charge is 0.494 e. The van der Waals surface area contributed by atoms with Gasteiger partial charge in [-0.05, 0) is 37.3 Å². The van der Waals surface area contributed by atoms with E-state index in [4.69, 9.17) is 9.26 Å². The second kappa shape index (κ2) is 7.06. The van der Waals surface area contributed by atoms with E-state index < -0.39 is 11.7 Å². The highest BCUT2D eigenvalue weighted by atomic mass is 19.1. The summed E-state index contributed by atoms with van der Waals surface area (Å²) >= 11 is 0. The number of benzene rings is 1. The lowest BCUT2D eigenvalue weighted by Gasteiger charge is -2.06. The average molecular weight is 382 g/mol. The zero-order valence-electron chi connectivity index (χ0n) is 15.0. The number of amides is 1. The minimum atomic E-state index is -0.605. The SMILES string of the molecule is COc1ccc(C(=O)NCc2nnc3cc(-c4nc(C)no4)ccn23)cc1F. The van der Waals surface area contributed by atoms with E-state index in [1.54, 1.807) is 29.7 Å². The molecule has 0 aliphatic carbocycles. The van der Waals surface area contributed by atoms with Crippen molar-refractivity contribution in [3.63, 3.8) is 0 Å². The number of pyridine rings is 1. The molecule has 0 aliphatic heterocycles. The van der Waals surface area contributed by atoms with Gasteiger partial charge in [0.15, 0.2) is 28.9 Å². The maximum absolute atomic E-state index is 13.8. The van der Waals surface area contributed by atoms with Crippen molar-refractivity contribution in [2.24, 2.45) is 0 Å². The lowest BCUT2D eigenvalue weighted by molar-refractivity contribution is 0.0949. The quantitative estimate of drug-likeness (QED) is 0.563. The van der Waals surface area contributed by atoms with Crippen LogP contribution in [0.4, 0.5) is 4.39 Å². The number of aromatic nitrogens is 5. The Bertz CT molecular complexity index is 1170. The van der Waals surface area contributed by atoms with Crippen LogP contribution in [-0.2, 0) is 6.54 Å². The summed E-state index contributed by atoms with van der Waals surface area (Å²) in [5.41, 5.74) is 1.46. The highest BCUT2D eigenvalue weighted by molar-refractivity contribution is 5.94. The van der Waals surface area contributed by atoms with E-state index in [9.17, 15) is 9.18 Å². The van der Waals surface area contributed by atoms with E-state index >= 15 is 0 Å². The number of carbonyl (C=O) groups is 1. The van der Waals surface area contributed by atoms with Crippen LogP contribution < -0.4 is 10.1 Å². The lowest BCUT2D eigenvalue weighted by atomic mass is 10.2. The number of aryl methyl sites for hydroxylation is 1. The molecular formula is C18H15FN6O3. The molecule has 9 nitrogen and oxygen atoms in total. The van der Waals surface area contributed by atoms with Gasteiger partial charge in [-0.3, -0.25) is 9.20 Å². The number of hydrogen-bond acceptors (Lipinski definition) is 7. The summed E-state index contributed by atoms with van der Waals surface area (Å²) in [4.78, 5) is 16.4. The smallest absolute Gasteiger partial charge is 0.258 e. The van der Waals surface area contributed by atoms with Crippen LogP contribution in [-0.4, -0.2) is 37.8 Å². The molecule has 3 heterocycles. The molecule has 1 amide bonds. The molecule has 0 fully saturated rings.